The van der Waals surface area contributed by atoms with Gasteiger partial charge >= 0.3 is 51.4 Å². The van der Waals surface area contributed by atoms with Crippen LogP contribution < -0.4 is 56.7 Å². The Kier molecular flexibility index (Phi) is 20.3. The van der Waals surface area contributed by atoms with Crippen molar-refractivity contribution >= 4 is 75.1 Å². The largest absolute Gasteiger partial charge is 1.00 e. The van der Waals surface area contributed by atoms with Crippen molar-refractivity contribution in [1.82, 2.24) is 14.9 Å². The fraction of sp³-hybridized carbons (Fsp3) is 0.393. The van der Waals surface area contributed by atoms with Gasteiger partial charge < -0.3 is 14.9 Å². The second-order valence-electron chi connectivity index (χ2n) is 11.2. The fourth-order valence-electron chi connectivity index (χ4n) is 5.53. The standard InChI is InChI=1S/C14H12F4N2O2S2.C13H13F4NO3S.CHNS.2ClH.K/c1-24(21,22)5-9-10-2-6(4-20(10)14(23)19-9)11-12(17)7(15)3-8(16)13(11)18;1-22(20,21)5-10(19)9-2-6(4-18-9)11-12(16)7(14)3-8(15)13(11)17;2-1-3;;;/h3,6H,2,4-5H2,1H3,(H,19,23);3,6,9,18H,2,4-5H2,1H3;3H;2*1H;/q;;;;;+1/t6-;6-,9?;;;;/m11..../s1. The third kappa shape index (κ3) is 12.7. The minimum Gasteiger partial charge on any atom is -0.333 e. The Morgan fingerprint density at radius 1 is 0.885 bits per heavy atom. The fourth-order valence-corrected chi connectivity index (χ4v) is 7.32. The first-order chi connectivity index (χ1) is 22.6. The summed E-state index contributed by atoms with van der Waals surface area (Å²) < 4.78 is 155. The van der Waals surface area contributed by atoms with Crippen LogP contribution in [0.25, 0.3) is 0 Å². The second-order valence-corrected chi connectivity index (χ2v) is 16.1. The van der Waals surface area contributed by atoms with Crippen molar-refractivity contribution in [1.29, 1.82) is 5.26 Å². The molecule has 0 bridgehead atoms. The van der Waals surface area contributed by atoms with E-state index in [2.05, 4.69) is 22.9 Å². The molecule has 2 aliphatic heterocycles. The number of halogens is 10. The van der Waals surface area contributed by atoms with Crippen molar-refractivity contribution in [2.24, 2.45) is 0 Å². The number of H-pyrrole nitrogens is 1. The van der Waals surface area contributed by atoms with Gasteiger partial charge in [0, 0.05) is 66.4 Å². The number of sulfone groups is 2. The monoisotopic (exact) mass is 889 g/mol. The van der Waals surface area contributed by atoms with Gasteiger partial charge in [-0.2, -0.15) is 5.26 Å². The van der Waals surface area contributed by atoms with Gasteiger partial charge in [-0.1, -0.05) is 12.6 Å². The number of benzene rings is 2. The van der Waals surface area contributed by atoms with Crippen LogP contribution in [-0.4, -0.2) is 63.0 Å². The van der Waals surface area contributed by atoms with Gasteiger partial charge in [0.15, 0.2) is 76.8 Å². The number of aromatic amines is 1. The van der Waals surface area contributed by atoms with Gasteiger partial charge in [0.25, 0.3) is 0 Å². The van der Waals surface area contributed by atoms with Gasteiger partial charge in [0.05, 0.1) is 17.5 Å². The van der Waals surface area contributed by atoms with Crippen molar-refractivity contribution in [3.05, 3.63) is 86.0 Å². The Morgan fingerprint density at radius 2 is 1.31 bits per heavy atom. The van der Waals surface area contributed by atoms with Gasteiger partial charge in [0.1, 0.15) is 11.2 Å². The number of thiocyanates is 1. The molecule has 0 amide bonds. The molecule has 9 nitrogen and oxygen atoms in total. The predicted octanol–water partition coefficient (Wildman–Crippen LogP) is 2.53. The molecule has 1 saturated heterocycles. The molecule has 3 aromatic rings. The SMILES string of the molecule is CS(=O)(=O)CC(=O)C1C[C@@H](c2c(F)c(F)cc(F)c2F)CN1.CS(=O)(=O)Cc1[nH]c(=S)n2c1C[C@@H](c1c(F)c(F)cc(F)c1F)C2.Cl.Cl.N#CS.[K+]. The van der Waals surface area contributed by atoms with Gasteiger partial charge in [-0.25, -0.2) is 52.0 Å². The summed E-state index contributed by atoms with van der Waals surface area (Å²) in [4.78, 5) is 14.5. The molecule has 284 valence electrons. The van der Waals surface area contributed by atoms with E-state index in [0.717, 1.165) is 12.5 Å². The first kappa shape index (κ1) is 50.9. The Bertz CT molecular complexity index is 2070. The molecule has 2 N–H and O–H groups in total. The van der Waals surface area contributed by atoms with E-state index in [1.807, 2.05) is 0 Å². The molecular formula is C28H28Cl2F8KN4O5S4+. The summed E-state index contributed by atoms with van der Waals surface area (Å²) in [6, 6.07) is -0.655. The number of carbonyl (C=O) groups is 1. The normalized spacial score (nSPS) is 17.5. The molecular weight excluding hydrogens is 863 g/mol. The number of fused-ring (bicyclic) bond motifs is 1. The van der Waals surface area contributed by atoms with E-state index in [-0.39, 0.29) is 125 Å². The van der Waals surface area contributed by atoms with Crippen LogP contribution in [0, 0.1) is 62.0 Å². The van der Waals surface area contributed by atoms with E-state index in [4.69, 9.17) is 17.5 Å². The van der Waals surface area contributed by atoms with Crippen LogP contribution in [0.1, 0.15) is 40.8 Å². The van der Waals surface area contributed by atoms with Gasteiger partial charge in [-0.3, -0.25) is 4.79 Å². The molecule has 1 aromatic heterocycles. The number of carbonyl (C=O) groups excluding carboxylic acids is 1. The van der Waals surface area contributed by atoms with Crippen LogP contribution in [0.2, 0.25) is 0 Å². The van der Waals surface area contributed by atoms with Crippen LogP contribution >= 0.6 is 49.7 Å². The van der Waals surface area contributed by atoms with Crippen LogP contribution in [0.3, 0.4) is 0 Å². The number of hydrogen-bond donors (Lipinski definition) is 3. The maximum Gasteiger partial charge on any atom is 1.00 e. The number of nitriles is 1. The van der Waals surface area contributed by atoms with E-state index in [9.17, 15) is 56.8 Å². The molecule has 2 aliphatic rings. The van der Waals surface area contributed by atoms with Crippen molar-refractivity contribution in [3.8, 4) is 5.40 Å². The average molecular weight is 891 g/mol. The van der Waals surface area contributed by atoms with E-state index in [1.165, 1.54) is 9.97 Å². The van der Waals surface area contributed by atoms with Crippen molar-refractivity contribution in [2.45, 2.75) is 43.0 Å². The Morgan fingerprint density at radius 3 is 1.71 bits per heavy atom. The first-order valence-corrected chi connectivity index (χ1v) is 18.7. The Balaban J connectivity index is 0.000000885. The molecule has 2 aromatic carbocycles. The number of nitrogens with one attached hydrogen (secondary N) is 2. The predicted molar refractivity (Wildman–Crippen MR) is 180 cm³/mol. The maximum absolute atomic E-state index is 14.0. The van der Waals surface area contributed by atoms with Crippen LogP contribution in [0.5, 0.6) is 0 Å². The molecule has 0 radical (unpaired) electrons. The summed E-state index contributed by atoms with van der Waals surface area (Å²) in [6.45, 7) is -0.0813. The summed E-state index contributed by atoms with van der Waals surface area (Å²) in [5, 5.41) is 11.3. The zero-order valence-electron chi connectivity index (χ0n) is 27.1. The molecule has 1 fully saturated rings. The van der Waals surface area contributed by atoms with Crippen LogP contribution in [-0.2, 0) is 43.2 Å². The van der Waals surface area contributed by atoms with Gasteiger partial charge in [0.2, 0.25) is 0 Å². The summed E-state index contributed by atoms with van der Waals surface area (Å²) in [7, 11) is -6.89. The second kappa shape index (κ2) is 20.7. The molecule has 0 saturated carbocycles. The number of hydrogen-bond acceptors (Lipinski definition) is 9. The molecule has 0 aliphatic carbocycles. The molecule has 3 atom stereocenters. The summed E-state index contributed by atoms with van der Waals surface area (Å²) in [5.74, 6) is -15.4. The first-order valence-electron chi connectivity index (χ1n) is 13.7. The van der Waals surface area contributed by atoms with E-state index in [0.29, 0.717) is 11.4 Å². The molecule has 1 unspecified atom stereocenters. The number of nitrogens with zero attached hydrogens (tertiary/aromatic N) is 2. The quantitative estimate of drug-likeness (QED) is 0.0822. The number of aromatic nitrogens is 2. The summed E-state index contributed by atoms with van der Waals surface area (Å²) in [6.07, 6.45) is 1.82. The minimum atomic E-state index is -3.53. The zero-order chi connectivity index (χ0) is 37.2. The molecule has 5 rings (SSSR count). The van der Waals surface area contributed by atoms with Gasteiger partial charge in [-0.15, -0.1) is 24.8 Å². The molecule has 52 heavy (non-hydrogen) atoms. The van der Waals surface area contributed by atoms with Crippen molar-refractivity contribution in [3.63, 3.8) is 0 Å². The topological polar surface area (TPSA) is 142 Å². The number of ketones is 1. The Hall–Kier alpha value is -1.10. The van der Waals surface area contributed by atoms with E-state index in [1.54, 1.807) is 0 Å². The third-order valence-corrected chi connectivity index (χ3v) is 9.40. The third-order valence-electron chi connectivity index (χ3n) is 7.46. The van der Waals surface area contributed by atoms with E-state index >= 15 is 0 Å². The van der Waals surface area contributed by atoms with Gasteiger partial charge in [-0.05, 0) is 25.1 Å². The molecule has 3 heterocycles. The van der Waals surface area contributed by atoms with E-state index < -0.39 is 107 Å². The smallest absolute Gasteiger partial charge is 0.333 e. The number of Topliss-reactive ketones (excluding diaryl/α,β-unsaturated/α-hetero) is 1. The van der Waals surface area contributed by atoms with Crippen LogP contribution in [0.4, 0.5) is 35.1 Å². The zero-order valence-corrected chi connectivity index (χ0v) is 35.2. The summed E-state index contributed by atoms with van der Waals surface area (Å²) in [5.41, 5.74) is -0.655. The average Bonchev–Trinajstić information content (AvgIpc) is 3.69. The number of rotatable bonds is 7. The number of imidazole rings is 1. The summed E-state index contributed by atoms with van der Waals surface area (Å²) >= 11 is 8.18. The van der Waals surface area contributed by atoms with Crippen LogP contribution in [0.15, 0.2) is 12.1 Å². The maximum atomic E-state index is 14.0. The van der Waals surface area contributed by atoms with Crippen molar-refractivity contribution < 1.29 is 108 Å². The van der Waals surface area contributed by atoms with Crippen molar-refractivity contribution in [2.75, 3.05) is 24.8 Å². The minimum absolute atomic E-state index is 0. The molecule has 24 heteroatoms. The molecule has 0 spiro atoms. The number of thiol groups is 1. The Labute approximate surface area is 358 Å².